The summed E-state index contributed by atoms with van der Waals surface area (Å²) in [6, 6.07) is 5.39. The van der Waals surface area contributed by atoms with Crippen molar-refractivity contribution in [3.05, 3.63) is 39.9 Å². The Labute approximate surface area is 111 Å². The molecule has 0 atom stereocenters. The van der Waals surface area contributed by atoms with Gasteiger partial charge in [0.1, 0.15) is 0 Å². The van der Waals surface area contributed by atoms with Crippen molar-refractivity contribution in [1.29, 1.82) is 0 Å². The zero-order valence-electron chi connectivity index (χ0n) is 11.2. The van der Waals surface area contributed by atoms with E-state index in [0.717, 1.165) is 12.1 Å². The van der Waals surface area contributed by atoms with Gasteiger partial charge in [-0.25, -0.2) is 5.43 Å². The van der Waals surface area contributed by atoms with Gasteiger partial charge in [-0.05, 0) is 31.4 Å². The topological polar surface area (TPSA) is 84.6 Å². The highest BCUT2D eigenvalue weighted by Crippen LogP contribution is 2.11. The molecule has 1 aromatic carbocycles. The van der Waals surface area contributed by atoms with E-state index in [-0.39, 0.29) is 11.6 Å². The molecule has 6 heteroatoms. The molecule has 0 heterocycles. The molecule has 1 rings (SSSR count). The highest BCUT2D eigenvalue weighted by atomic mass is 16.6. The van der Waals surface area contributed by atoms with Crippen LogP contribution in [-0.4, -0.2) is 16.5 Å². The van der Waals surface area contributed by atoms with Crippen molar-refractivity contribution in [2.75, 3.05) is 0 Å². The van der Waals surface area contributed by atoms with Gasteiger partial charge in [0.15, 0.2) is 0 Å². The average molecular weight is 263 g/mol. The van der Waals surface area contributed by atoms with E-state index in [1.807, 2.05) is 6.92 Å². The van der Waals surface area contributed by atoms with Crippen LogP contribution in [0.25, 0.3) is 0 Å². The Bertz CT molecular complexity index is 492. The van der Waals surface area contributed by atoms with Crippen LogP contribution >= 0.6 is 0 Å². The number of amides is 1. The second-order valence-corrected chi connectivity index (χ2v) is 4.69. The van der Waals surface area contributed by atoms with E-state index < -0.39 is 4.92 Å². The third-order valence-corrected chi connectivity index (χ3v) is 2.39. The fourth-order valence-corrected chi connectivity index (χ4v) is 1.58. The van der Waals surface area contributed by atoms with Crippen molar-refractivity contribution in [2.24, 2.45) is 11.0 Å². The summed E-state index contributed by atoms with van der Waals surface area (Å²) in [5, 5.41) is 14.5. The Kier molecular flexibility index (Phi) is 5.17. The van der Waals surface area contributed by atoms with Gasteiger partial charge in [0.25, 0.3) is 11.6 Å². The van der Waals surface area contributed by atoms with Gasteiger partial charge in [-0.15, -0.1) is 0 Å². The molecule has 6 nitrogen and oxygen atoms in total. The molecule has 0 aromatic heterocycles. The largest absolute Gasteiger partial charge is 0.271 e. The average Bonchev–Trinajstić information content (AvgIpc) is 2.35. The van der Waals surface area contributed by atoms with Crippen molar-refractivity contribution >= 4 is 17.3 Å². The summed E-state index contributed by atoms with van der Waals surface area (Å²) >= 11 is 0. The molecule has 19 heavy (non-hydrogen) atoms. The number of nitro groups is 1. The van der Waals surface area contributed by atoms with E-state index in [4.69, 9.17) is 0 Å². The van der Waals surface area contributed by atoms with Crippen LogP contribution in [0.4, 0.5) is 5.69 Å². The van der Waals surface area contributed by atoms with Crippen LogP contribution in [0, 0.1) is 16.0 Å². The SMILES string of the molecule is C/C(CC(C)C)=N\NC(=O)c1ccc([N+](=O)[O-])cc1. The van der Waals surface area contributed by atoms with Crippen molar-refractivity contribution < 1.29 is 9.72 Å². The van der Waals surface area contributed by atoms with Crippen LogP contribution in [0.2, 0.25) is 0 Å². The maximum Gasteiger partial charge on any atom is 0.271 e. The molecule has 1 N–H and O–H groups in total. The fourth-order valence-electron chi connectivity index (χ4n) is 1.58. The van der Waals surface area contributed by atoms with Gasteiger partial charge in [-0.3, -0.25) is 14.9 Å². The van der Waals surface area contributed by atoms with E-state index >= 15 is 0 Å². The van der Waals surface area contributed by atoms with Crippen LogP contribution < -0.4 is 5.43 Å². The molecule has 0 unspecified atom stereocenters. The Balaban J connectivity index is 2.66. The Morgan fingerprint density at radius 1 is 1.37 bits per heavy atom. The number of carbonyl (C=O) groups excluding carboxylic acids is 1. The molecule has 0 aliphatic heterocycles. The lowest BCUT2D eigenvalue weighted by Gasteiger charge is -2.04. The first-order chi connectivity index (χ1) is 8.90. The highest BCUT2D eigenvalue weighted by molar-refractivity contribution is 5.95. The number of hydrogen-bond acceptors (Lipinski definition) is 4. The normalized spacial score (nSPS) is 11.5. The summed E-state index contributed by atoms with van der Waals surface area (Å²) < 4.78 is 0. The summed E-state index contributed by atoms with van der Waals surface area (Å²) in [7, 11) is 0. The minimum atomic E-state index is -0.507. The first kappa shape index (κ1) is 14.8. The minimum Gasteiger partial charge on any atom is -0.267 e. The number of benzene rings is 1. The van der Waals surface area contributed by atoms with Crippen molar-refractivity contribution in [3.63, 3.8) is 0 Å². The van der Waals surface area contributed by atoms with Gasteiger partial charge in [0, 0.05) is 23.4 Å². The second-order valence-electron chi connectivity index (χ2n) is 4.69. The molecule has 0 bridgehead atoms. The molecular formula is C13H17N3O3. The van der Waals surface area contributed by atoms with E-state index in [2.05, 4.69) is 24.4 Å². The lowest BCUT2D eigenvalue weighted by molar-refractivity contribution is -0.384. The van der Waals surface area contributed by atoms with Crippen LogP contribution in [0.3, 0.4) is 0 Å². The Morgan fingerprint density at radius 2 is 1.95 bits per heavy atom. The molecule has 1 amide bonds. The van der Waals surface area contributed by atoms with E-state index in [0.29, 0.717) is 11.5 Å². The quantitative estimate of drug-likeness (QED) is 0.503. The molecule has 0 saturated carbocycles. The third kappa shape index (κ3) is 4.87. The molecule has 0 radical (unpaired) electrons. The third-order valence-electron chi connectivity index (χ3n) is 2.39. The molecule has 1 aromatic rings. The molecule has 0 saturated heterocycles. The zero-order chi connectivity index (χ0) is 14.4. The fraction of sp³-hybridized carbons (Fsp3) is 0.385. The van der Waals surface area contributed by atoms with E-state index in [1.54, 1.807) is 0 Å². The Hall–Kier alpha value is -2.24. The summed E-state index contributed by atoms with van der Waals surface area (Å²) in [4.78, 5) is 21.7. The van der Waals surface area contributed by atoms with E-state index in [1.165, 1.54) is 24.3 Å². The summed E-state index contributed by atoms with van der Waals surface area (Å²) in [5.41, 5.74) is 3.56. The summed E-state index contributed by atoms with van der Waals surface area (Å²) in [6.07, 6.45) is 0.806. The number of non-ortho nitro benzene ring substituents is 1. The maximum atomic E-state index is 11.7. The monoisotopic (exact) mass is 263 g/mol. The van der Waals surface area contributed by atoms with Gasteiger partial charge in [-0.2, -0.15) is 5.10 Å². The minimum absolute atomic E-state index is 0.0453. The molecule has 0 fully saturated rings. The highest BCUT2D eigenvalue weighted by Gasteiger charge is 2.08. The van der Waals surface area contributed by atoms with Gasteiger partial charge in [0.05, 0.1) is 4.92 Å². The van der Waals surface area contributed by atoms with E-state index in [9.17, 15) is 14.9 Å². The molecule has 0 aliphatic rings. The second kappa shape index (κ2) is 6.63. The van der Waals surface area contributed by atoms with Crippen LogP contribution in [-0.2, 0) is 0 Å². The number of carbonyl (C=O) groups is 1. The van der Waals surface area contributed by atoms with Gasteiger partial charge in [0.2, 0.25) is 0 Å². The van der Waals surface area contributed by atoms with Crippen molar-refractivity contribution in [2.45, 2.75) is 27.2 Å². The predicted octanol–water partition coefficient (Wildman–Crippen LogP) is 2.75. The van der Waals surface area contributed by atoms with Gasteiger partial charge in [-0.1, -0.05) is 13.8 Å². The predicted molar refractivity (Wildman–Crippen MR) is 73.1 cm³/mol. The number of rotatable bonds is 5. The number of hydrazone groups is 1. The summed E-state index contributed by atoms with van der Waals surface area (Å²) in [6.45, 7) is 5.98. The lowest BCUT2D eigenvalue weighted by Crippen LogP contribution is -2.19. The zero-order valence-corrected chi connectivity index (χ0v) is 11.2. The molecule has 102 valence electrons. The Morgan fingerprint density at radius 3 is 2.42 bits per heavy atom. The van der Waals surface area contributed by atoms with Crippen LogP contribution in [0.15, 0.2) is 29.4 Å². The first-order valence-corrected chi connectivity index (χ1v) is 5.98. The number of hydrogen-bond donors (Lipinski definition) is 1. The van der Waals surface area contributed by atoms with Crippen molar-refractivity contribution in [1.82, 2.24) is 5.43 Å². The maximum absolute atomic E-state index is 11.7. The van der Waals surface area contributed by atoms with Crippen molar-refractivity contribution in [3.8, 4) is 0 Å². The molecule has 0 spiro atoms. The number of nitrogens with one attached hydrogen (secondary N) is 1. The standard InChI is InChI=1S/C13H17N3O3/c1-9(2)8-10(3)14-15-13(17)11-4-6-12(7-5-11)16(18)19/h4-7,9H,8H2,1-3H3,(H,15,17)/b14-10+. The van der Waals surface area contributed by atoms with Gasteiger partial charge < -0.3 is 0 Å². The van der Waals surface area contributed by atoms with Crippen LogP contribution in [0.5, 0.6) is 0 Å². The summed E-state index contributed by atoms with van der Waals surface area (Å²) in [5.74, 6) is 0.0954. The lowest BCUT2D eigenvalue weighted by atomic mass is 10.1. The molecule has 0 aliphatic carbocycles. The van der Waals surface area contributed by atoms with Gasteiger partial charge >= 0.3 is 0 Å². The number of nitro benzene ring substituents is 1. The molecular weight excluding hydrogens is 246 g/mol. The first-order valence-electron chi connectivity index (χ1n) is 5.98. The number of nitrogens with zero attached hydrogens (tertiary/aromatic N) is 2. The van der Waals surface area contributed by atoms with Crippen LogP contribution in [0.1, 0.15) is 37.6 Å². The smallest absolute Gasteiger partial charge is 0.267 e.